The highest BCUT2D eigenvalue weighted by Gasteiger charge is 1.91. The van der Waals surface area contributed by atoms with Crippen molar-refractivity contribution in [3.05, 3.63) is 29.8 Å². The molecule has 0 aliphatic heterocycles. The molecule has 0 unspecified atom stereocenters. The van der Waals surface area contributed by atoms with E-state index in [0.29, 0.717) is 13.2 Å². The van der Waals surface area contributed by atoms with E-state index in [1.165, 1.54) is 0 Å². The molecule has 2 nitrogen and oxygen atoms in total. The normalized spacial score (nSPS) is 9.25. The lowest BCUT2D eigenvalue weighted by Gasteiger charge is -2.01. The molecule has 0 spiro atoms. The van der Waals surface area contributed by atoms with Gasteiger partial charge in [0.05, 0.1) is 6.61 Å². The van der Waals surface area contributed by atoms with Crippen molar-refractivity contribution < 1.29 is 4.74 Å². The van der Waals surface area contributed by atoms with E-state index in [4.69, 9.17) is 16.9 Å². The zero-order valence-electron chi connectivity index (χ0n) is 6.79. The summed E-state index contributed by atoms with van der Waals surface area (Å²) in [5.74, 6) is 2.40. The van der Waals surface area contributed by atoms with E-state index in [-0.39, 0.29) is 0 Å². The Kier molecular flexibility index (Phi) is 3.18. The second-order valence-corrected chi connectivity index (χ2v) is 2.44. The topological polar surface area (TPSA) is 35.2 Å². The van der Waals surface area contributed by atoms with E-state index in [9.17, 15) is 0 Å². The lowest BCUT2D eigenvalue weighted by Crippen LogP contribution is -1.94. The van der Waals surface area contributed by atoms with Crippen molar-refractivity contribution in [2.24, 2.45) is 0 Å². The fourth-order valence-electron chi connectivity index (χ4n) is 0.911. The molecule has 0 aromatic heterocycles. The summed E-state index contributed by atoms with van der Waals surface area (Å²) in [7, 11) is 0. The van der Waals surface area contributed by atoms with Crippen LogP contribution in [-0.2, 0) is 11.3 Å². The Morgan fingerprint density at radius 3 is 3.00 bits per heavy atom. The Morgan fingerprint density at radius 1 is 1.50 bits per heavy atom. The van der Waals surface area contributed by atoms with Crippen LogP contribution in [0.3, 0.4) is 0 Å². The van der Waals surface area contributed by atoms with Crippen molar-refractivity contribution in [2.75, 3.05) is 12.3 Å². The molecule has 1 rings (SSSR count). The minimum atomic E-state index is 0.342. The Hall–Kier alpha value is -1.46. The zero-order valence-corrected chi connectivity index (χ0v) is 6.79. The highest BCUT2D eigenvalue weighted by Crippen LogP contribution is 2.07. The van der Waals surface area contributed by atoms with Crippen molar-refractivity contribution >= 4 is 5.69 Å². The predicted octanol–water partition coefficient (Wildman–Crippen LogP) is 1.42. The number of anilines is 1. The van der Waals surface area contributed by atoms with Crippen molar-refractivity contribution in [1.29, 1.82) is 0 Å². The fraction of sp³-hybridized carbons (Fsp3) is 0.200. The summed E-state index contributed by atoms with van der Waals surface area (Å²) in [4.78, 5) is 0. The van der Waals surface area contributed by atoms with Crippen molar-refractivity contribution in [3.63, 3.8) is 0 Å². The number of hydrogen-bond donors (Lipinski definition) is 1. The summed E-state index contributed by atoms with van der Waals surface area (Å²) >= 11 is 0. The number of rotatable bonds is 3. The van der Waals surface area contributed by atoms with Gasteiger partial charge in [0.15, 0.2) is 0 Å². The second-order valence-electron chi connectivity index (χ2n) is 2.44. The summed E-state index contributed by atoms with van der Waals surface area (Å²) < 4.78 is 5.13. The smallest absolute Gasteiger partial charge is 0.107 e. The minimum absolute atomic E-state index is 0.342. The van der Waals surface area contributed by atoms with Crippen LogP contribution >= 0.6 is 0 Å². The van der Waals surface area contributed by atoms with Gasteiger partial charge < -0.3 is 10.5 Å². The molecule has 1 aromatic rings. The van der Waals surface area contributed by atoms with Gasteiger partial charge in [-0.1, -0.05) is 18.1 Å². The van der Waals surface area contributed by atoms with E-state index in [0.717, 1.165) is 11.3 Å². The number of ether oxygens (including phenoxy) is 1. The SMILES string of the molecule is C#CCOCc1cccc(N)c1. The molecule has 0 aliphatic rings. The lowest BCUT2D eigenvalue weighted by atomic mass is 10.2. The van der Waals surface area contributed by atoms with Crippen molar-refractivity contribution in [3.8, 4) is 12.3 Å². The summed E-state index contributed by atoms with van der Waals surface area (Å²) in [6.07, 6.45) is 5.02. The summed E-state index contributed by atoms with van der Waals surface area (Å²) in [5.41, 5.74) is 7.36. The third kappa shape index (κ3) is 2.65. The molecule has 1 aromatic carbocycles. The maximum absolute atomic E-state index is 5.57. The number of hydrogen-bond acceptors (Lipinski definition) is 2. The molecule has 0 amide bonds. The minimum Gasteiger partial charge on any atom is -0.399 e. The van der Waals surface area contributed by atoms with Crippen LogP contribution in [0.4, 0.5) is 5.69 Å². The number of nitrogen functional groups attached to an aromatic ring is 1. The number of nitrogens with two attached hydrogens (primary N) is 1. The highest BCUT2D eigenvalue weighted by molar-refractivity contribution is 5.40. The Bertz CT molecular complexity index is 288. The van der Waals surface area contributed by atoms with Crippen LogP contribution in [-0.4, -0.2) is 6.61 Å². The van der Waals surface area contributed by atoms with Gasteiger partial charge in [0.1, 0.15) is 6.61 Å². The van der Waals surface area contributed by atoms with Gasteiger partial charge >= 0.3 is 0 Å². The van der Waals surface area contributed by atoms with Crippen LogP contribution < -0.4 is 5.73 Å². The first-order valence-electron chi connectivity index (χ1n) is 3.68. The van der Waals surface area contributed by atoms with Gasteiger partial charge in [0.2, 0.25) is 0 Å². The maximum Gasteiger partial charge on any atom is 0.107 e. The fourth-order valence-corrected chi connectivity index (χ4v) is 0.911. The van der Waals surface area contributed by atoms with Gasteiger partial charge in [-0.15, -0.1) is 6.42 Å². The van der Waals surface area contributed by atoms with Crippen LogP contribution in [0.15, 0.2) is 24.3 Å². The third-order valence-corrected chi connectivity index (χ3v) is 1.41. The van der Waals surface area contributed by atoms with E-state index < -0.39 is 0 Å². The summed E-state index contributed by atoms with van der Waals surface area (Å²) in [6.45, 7) is 0.865. The van der Waals surface area contributed by atoms with Gasteiger partial charge in [0, 0.05) is 5.69 Å². The van der Waals surface area contributed by atoms with Gasteiger partial charge in [-0.05, 0) is 17.7 Å². The third-order valence-electron chi connectivity index (χ3n) is 1.41. The molecule has 0 saturated heterocycles. The maximum atomic E-state index is 5.57. The Balaban J connectivity index is 2.48. The Labute approximate surface area is 72.3 Å². The average Bonchev–Trinajstić information content (AvgIpc) is 2.05. The first-order valence-corrected chi connectivity index (χ1v) is 3.68. The Morgan fingerprint density at radius 2 is 2.33 bits per heavy atom. The first kappa shape index (κ1) is 8.63. The van der Waals surface area contributed by atoms with Crippen LogP contribution in [0.2, 0.25) is 0 Å². The molecular weight excluding hydrogens is 150 g/mol. The van der Waals surface area contributed by atoms with E-state index in [1.54, 1.807) is 0 Å². The molecule has 0 heterocycles. The zero-order chi connectivity index (χ0) is 8.81. The van der Waals surface area contributed by atoms with Gasteiger partial charge in [0.25, 0.3) is 0 Å². The predicted molar refractivity (Wildman–Crippen MR) is 49.3 cm³/mol. The highest BCUT2D eigenvalue weighted by atomic mass is 16.5. The van der Waals surface area contributed by atoms with Crippen LogP contribution in [0.1, 0.15) is 5.56 Å². The molecule has 0 atom stereocenters. The van der Waals surface area contributed by atoms with Gasteiger partial charge in [-0.25, -0.2) is 0 Å². The number of benzene rings is 1. The first-order chi connectivity index (χ1) is 5.83. The standard InChI is InChI=1S/C10H11NO/c1-2-6-12-8-9-4-3-5-10(11)7-9/h1,3-5,7H,6,8,11H2. The number of terminal acetylenes is 1. The largest absolute Gasteiger partial charge is 0.399 e. The molecule has 2 N–H and O–H groups in total. The van der Waals surface area contributed by atoms with E-state index in [2.05, 4.69) is 5.92 Å². The monoisotopic (exact) mass is 161 g/mol. The molecule has 0 bridgehead atoms. The van der Waals surface area contributed by atoms with Crippen molar-refractivity contribution in [1.82, 2.24) is 0 Å². The second kappa shape index (κ2) is 4.42. The molecule has 2 heteroatoms. The summed E-state index contributed by atoms with van der Waals surface area (Å²) in [6, 6.07) is 7.55. The van der Waals surface area contributed by atoms with Crippen LogP contribution in [0.25, 0.3) is 0 Å². The average molecular weight is 161 g/mol. The molecule has 12 heavy (non-hydrogen) atoms. The lowest BCUT2D eigenvalue weighted by molar-refractivity contribution is 0.153. The summed E-state index contributed by atoms with van der Waals surface area (Å²) in [5, 5.41) is 0. The van der Waals surface area contributed by atoms with Crippen LogP contribution in [0.5, 0.6) is 0 Å². The van der Waals surface area contributed by atoms with E-state index >= 15 is 0 Å². The molecular formula is C10H11NO. The molecule has 0 aliphatic carbocycles. The van der Waals surface area contributed by atoms with Gasteiger partial charge in [-0.2, -0.15) is 0 Å². The molecule has 62 valence electrons. The molecule has 0 saturated carbocycles. The molecule has 0 radical (unpaired) electrons. The van der Waals surface area contributed by atoms with E-state index in [1.807, 2.05) is 24.3 Å². The van der Waals surface area contributed by atoms with Gasteiger partial charge in [-0.3, -0.25) is 0 Å². The quantitative estimate of drug-likeness (QED) is 0.413. The molecule has 0 fully saturated rings. The van der Waals surface area contributed by atoms with Crippen molar-refractivity contribution in [2.45, 2.75) is 6.61 Å². The van der Waals surface area contributed by atoms with Crippen LogP contribution in [0, 0.1) is 12.3 Å².